The van der Waals surface area contributed by atoms with Crippen LogP contribution in [-0.2, 0) is 0 Å². The molecule has 1 atom stereocenters. The summed E-state index contributed by atoms with van der Waals surface area (Å²) < 4.78 is 13.7. The molecule has 2 rings (SSSR count). The van der Waals surface area contributed by atoms with Gasteiger partial charge in [0.15, 0.2) is 5.78 Å². The van der Waals surface area contributed by atoms with Crippen molar-refractivity contribution >= 4 is 44.9 Å². The topological polar surface area (TPSA) is 40.9 Å². The quantitative estimate of drug-likeness (QED) is 0.664. The molecule has 2 aromatic rings. The zero-order valence-electron chi connectivity index (χ0n) is 10.4. The zero-order chi connectivity index (χ0) is 15.6. The SMILES string of the molecule is N#CC(C(=O)c1cc(F)ccc1Br)c1c(Cl)cccc1Cl. The number of nitriles is 1. The normalized spacial score (nSPS) is 11.8. The predicted octanol–water partition coefficient (Wildman–Crippen LogP) is 5.39. The van der Waals surface area contributed by atoms with Crippen molar-refractivity contribution in [2.24, 2.45) is 0 Å². The highest BCUT2D eigenvalue weighted by atomic mass is 79.9. The van der Waals surface area contributed by atoms with Gasteiger partial charge in [0.25, 0.3) is 0 Å². The van der Waals surface area contributed by atoms with E-state index in [9.17, 15) is 14.4 Å². The molecular weight excluding hydrogens is 380 g/mol. The van der Waals surface area contributed by atoms with E-state index in [4.69, 9.17) is 23.2 Å². The van der Waals surface area contributed by atoms with Crippen molar-refractivity contribution in [2.45, 2.75) is 5.92 Å². The number of hydrogen-bond donors (Lipinski definition) is 0. The molecular formula is C15H7BrCl2FNO. The molecule has 6 heteroatoms. The van der Waals surface area contributed by atoms with Gasteiger partial charge in [0.05, 0.1) is 6.07 Å². The van der Waals surface area contributed by atoms with Crippen LogP contribution in [-0.4, -0.2) is 5.78 Å². The van der Waals surface area contributed by atoms with Crippen molar-refractivity contribution in [3.05, 3.63) is 67.9 Å². The van der Waals surface area contributed by atoms with Gasteiger partial charge in [-0.3, -0.25) is 4.79 Å². The fourth-order valence-electron chi connectivity index (χ4n) is 1.88. The number of halogens is 4. The van der Waals surface area contributed by atoms with E-state index in [2.05, 4.69) is 15.9 Å². The Labute approximate surface area is 139 Å². The summed E-state index contributed by atoms with van der Waals surface area (Å²) in [6, 6.07) is 10.3. The molecule has 0 saturated heterocycles. The fraction of sp³-hybridized carbons (Fsp3) is 0.0667. The predicted molar refractivity (Wildman–Crippen MR) is 83.2 cm³/mol. The van der Waals surface area contributed by atoms with Gasteiger partial charge < -0.3 is 0 Å². The Balaban J connectivity index is 2.55. The molecule has 0 amide bonds. The van der Waals surface area contributed by atoms with Crippen molar-refractivity contribution in [2.75, 3.05) is 0 Å². The molecule has 0 fully saturated rings. The van der Waals surface area contributed by atoms with E-state index in [0.29, 0.717) is 4.47 Å². The smallest absolute Gasteiger partial charge is 0.185 e. The van der Waals surface area contributed by atoms with Crippen LogP contribution in [0.5, 0.6) is 0 Å². The Bertz CT molecular complexity index is 738. The molecule has 0 aliphatic heterocycles. The van der Waals surface area contributed by atoms with E-state index in [1.54, 1.807) is 18.2 Å². The highest BCUT2D eigenvalue weighted by Gasteiger charge is 2.27. The molecule has 0 spiro atoms. The molecule has 0 saturated carbocycles. The maximum atomic E-state index is 13.3. The maximum absolute atomic E-state index is 13.3. The highest BCUT2D eigenvalue weighted by molar-refractivity contribution is 9.10. The number of Topliss-reactive ketones (excluding diaryl/α,β-unsaturated/α-hetero) is 1. The van der Waals surface area contributed by atoms with Crippen LogP contribution in [0.25, 0.3) is 0 Å². The molecule has 0 aromatic heterocycles. The second-order valence-corrected chi connectivity index (χ2v) is 5.85. The summed E-state index contributed by atoms with van der Waals surface area (Å²) in [6.45, 7) is 0. The molecule has 0 aliphatic rings. The lowest BCUT2D eigenvalue weighted by atomic mass is 9.91. The number of ketones is 1. The second-order valence-electron chi connectivity index (χ2n) is 4.19. The van der Waals surface area contributed by atoms with Gasteiger partial charge in [-0.05, 0) is 30.3 Å². The Hall–Kier alpha value is -1.41. The summed E-state index contributed by atoms with van der Waals surface area (Å²) in [5.41, 5.74) is 0.294. The number of carbonyl (C=O) groups excluding carboxylic acids is 1. The standard InChI is InChI=1S/C15H7BrCl2FNO/c16-11-5-4-8(19)6-9(11)15(21)10(7-20)14-12(17)2-1-3-13(14)18/h1-6,10H. The van der Waals surface area contributed by atoms with Gasteiger partial charge in [0.2, 0.25) is 0 Å². The minimum absolute atomic E-state index is 0.0672. The van der Waals surface area contributed by atoms with Crippen molar-refractivity contribution < 1.29 is 9.18 Å². The lowest BCUT2D eigenvalue weighted by Crippen LogP contribution is -2.13. The number of carbonyl (C=O) groups is 1. The molecule has 2 nitrogen and oxygen atoms in total. The van der Waals surface area contributed by atoms with Crippen LogP contribution >= 0.6 is 39.1 Å². The number of benzene rings is 2. The van der Waals surface area contributed by atoms with Crippen LogP contribution in [0.3, 0.4) is 0 Å². The first-order valence-electron chi connectivity index (χ1n) is 5.78. The van der Waals surface area contributed by atoms with Crippen molar-refractivity contribution in [3.63, 3.8) is 0 Å². The lowest BCUT2D eigenvalue weighted by Gasteiger charge is -2.13. The van der Waals surface area contributed by atoms with E-state index in [-0.39, 0.29) is 21.2 Å². The molecule has 0 bridgehead atoms. The van der Waals surface area contributed by atoms with Crippen LogP contribution in [0.2, 0.25) is 10.0 Å². The summed E-state index contributed by atoms with van der Waals surface area (Å²) in [6.07, 6.45) is 0. The molecule has 106 valence electrons. The largest absolute Gasteiger partial charge is 0.292 e. The first-order chi connectivity index (χ1) is 9.95. The Morgan fingerprint density at radius 1 is 1.24 bits per heavy atom. The molecule has 0 heterocycles. The number of rotatable bonds is 3. The Kier molecular flexibility index (Phi) is 5.00. The third kappa shape index (κ3) is 3.26. The van der Waals surface area contributed by atoms with Crippen LogP contribution < -0.4 is 0 Å². The van der Waals surface area contributed by atoms with Gasteiger partial charge in [0, 0.05) is 25.6 Å². The third-order valence-corrected chi connectivity index (χ3v) is 4.22. The summed E-state index contributed by atoms with van der Waals surface area (Å²) in [7, 11) is 0. The molecule has 0 N–H and O–H groups in total. The van der Waals surface area contributed by atoms with E-state index >= 15 is 0 Å². The lowest BCUT2D eigenvalue weighted by molar-refractivity contribution is 0.0977. The Morgan fingerprint density at radius 2 is 1.86 bits per heavy atom. The van der Waals surface area contributed by atoms with Crippen LogP contribution in [0.4, 0.5) is 4.39 Å². The molecule has 0 aliphatic carbocycles. The third-order valence-electron chi connectivity index (χ3n) is 2.87. The zero-order valence-corrected chi connectivity index (χ0v) is 13.5. The summed E-state index contributed by atoms with van der Waals surface area (Å²) >= 11 is 15.2. The first-order valence-corrected chi connectivity index (χ1v) is 7.33. The van der Waals surface area contributed by atoms with E-state index in [0.717, 1.165) is 6.07 Å². The van der Waals surface area contributed by atoms with Gasteiger partial charge in [-0.1, -0.05) is 45.2 Å². The van der Waals surface area contributed by atoms with Gasteiger partial charge in [0.1, 0.15) is 11.7 Å². The fourth-order valence-corrected chi connectivity index (χ4v) is 2.94. The van der Waals surface area contributed by atoms with Gasteiger partial charge >= 0.3 is 0 Å². The van der Waals surface area contributed by atoms with Gasteiger partial charge in [-0.15, -0.1) is 0 Å². The average molecular weight is 387 g/mol. The highest BCUT2D eigenvalue weighted by Crippen LogP contribution is 2.34. The minimum Gasteiger partial charge on any atom is -0.292 e. The van der Waals surface area contributed by atoms with Gasteiger partial charge in [-0.2, -0.15) is 5.26 Å². The summed E-state index contributed by atoms with van der Waals surface area (Å²) in [4.78, 5) is 12.5. The van der Waals surface area contributed by atoms with Crippen molar-refractivity contribution in [3.8, 4) is 6.07 Å². The second kappa shape index (κ2) is 6.57. The molecule has 2 aromatic carbocycles. The van der Waals surface area contributed by atoms with Gasteiger partial charge in [-0.25, -0.2) is 4.39 Å². The average Bonchev–Trinajstić information content (AvgIpc) is 2.45. The van der Waals surface area contributed by atoms with Crippen molar-refractivity contribution in [1.29, 1.82) is 5.26 Å². The first kappa shape index (κ1) is 16.0. The number of hydrogen-bond acceptors (Lipinski definition) is 2. The van der Waals surface area contributed by atoms with Crippen LogP contribution in [0, 0.1) is 17.1 Å². The molecule has 1 unspecified atom stereocenters. The van der Waals surface area contributed by atoms with Crippen molar-refractivity contribution in [1.82, 2.24) is 0 Å². The van der Waals surface area contributed by atoms with Crippen LogP contribution in [0.1, 0.15) is 21.8 Å². The molecule has 0 radical (unpaired) electrons. The van der Waals surface area contributed by atoms with E-state index < -0.39 is 17.5 Å². The van der Waals surface area contributed by atoms with Crippen LogP contribution in [0.15, 0.2) is 40.9 Å². The number of nitrogens with zero attached hydrogens (tertiary/aromatic N) is 1. The van der Waals surface area contributed by atoms with E-state index in [1.807, 2.05) is 6.07 Å². The maximum Gasteiger partial charge on any atom is 0.185 e. The monoisotopic (exact) mass is 385 g/mol. The molecule has 21 heavy (non-hydrogen) atoms. The summed E-state index contributed by atoms with van der Waals surface area (Å²) in [5.74, 6) is -2.34. The van der Waals surface area contributed by atoms with E-state index in [1.165, 1.54) is 12.1 Å². The Morgan fingerprint density at radius 3 is 2.43 bits per heavy atom. The minimum atomic E-state index is -1.20. The summed E-state index contributed by atoms with van der Waals surface area (Å²) in [5, 5.41) is 9.76.